The van der Waals surface area contributed by atoms with Crippen molar-refractivity contribution in [2.24, 2.45) is 5.73 Å². The van der Waals surface area contributed by atoms with E-state index in [-0.39, 0.29) is 0 Å². The van der Waals surface area contributed by atoms with E-state index in [4.69, 9.17) is 17.3 Å². The second-order valence-corrected chi connectivity index (χ2v) is 6.89. The highest BCUT2D eigenvalue weighted by Crippen LogP contribution is 2.42. The lowest BCUT2D eigenvalue weighted by molar-refractivity contribution is 0.607. The summed E-state index contributed by atoms with van der Waals surface area (Å²) >= 11 is 7.68. The molecule has 0 radical (unpaired) electrons. The van der Waals surface area contributed by atoms with Crippen LogP contribution in [0.1, 0.15) is 36.4 Å². The second kappa shape index (κ2) is 5.76. The van der Waals surface area contributed by atoms with E-state index in [1.54, 1.807) is 11.3 Å². The van der Waals surface area contributed by atoms with Crippen molar-refractivity contribution >= 4 is 28.6 Å². The van der Waals surface area contributed by atoms with Gasteiger partial charge in [0.15, 0.2) is 0 Å². The van der Waals surface area contributed by atoms with Gasteiger partial charge in [0.2, 0.25) is 0 Å². The van der Waals surface area contributed by atoms with Gasteiger partial charge in [0, 0.05) is 18.2 Å². The molecule has 0 bridgehead atoms. The first-order valence-corrected chi connectivity index (χ1v) is 8.26. The van der Waals surface area contributed by atoms with Gasteiger partial charge in [-0.2, -0.15) is 0 Å². The Hall–Kier alpha value is -1.03. The van der Waals surface area contributed by atoms with Crippen molar-refractivity contribution in [1.29, 1.82) is 0 Å². The van der Waals surface area contributed by atoms with Crippen molar-refractivity contribution in [1.82, 2.24) is 0 Å². The molecule has 2 atom stereocenters. The van der Waals surface area contributed by atoms with Crippen LogP contribution >= 0.6 is 22.9 Å². The van der Waals surface area contributed by atoms with Crippen LogP contribution in [0.15, 0.2) is 35.7 Å². The Kier molecular flexibility index (Phi) is 4.01. The van der Waals surface area contributed by atoms with Crippen molar-refractivity contribution in [3.8, 4) is 0 Å². The number of halogens is 1. The van der Waals surface area contributed by atoms with E-state index < -0.39 is 0 Å². The molecule has 2 N–H and O–H groups in total. The van der Waals surface area contributed by atoms with Gasteiger partial charge in [-0.05, 0) is 48.5 Å². The van der Waals surface area contributed by atoms with Crippen LogP contribution in [0.4, 0.5) is 5.69 Å². The van der Waals surface area contributed by atoms with E-state index >= 15 is 0 Å². The van der Waals surface area contributed by atoms with Crippen molar-refractivity contribution < 1.29 is 0 Å². The summed E-state index contributed by atoms with van der Waals surface area (Å²) < 4.78 is 0.859. The normalized spacial score (nSPS) is 19.1. The summed E-state index contributed by atoms with van der Waals surface area (Å²) in [7, 11) is 0. The summed E-state index contributed by atoms with van der Waals surface area (Å²) in [5, 5.41) is 2.16. The quantitative estimate of drug-likeness (QED) is 0.906. The molecule has 4 heteroatoms. The summed E-state index contributed by atoms with van der Waals surface area (Å²) in [6, 6.07) is 11.1. The van der Waals surface area contributed by atoms with Gasteiger partial charge in [-0.25, -0.2) is 0 Å². The zero-order valence-electron chi connectivity index (χ0n) is 11.6. The van der Waals surface area contributed by atoms with E-state index in [1.807, 2.05) is 0 Å². The van der Waals surface area contributed by atoms with E-state index in [9.17, 15) is 0 Å². The molecule has 1 aliphatic rings. The zero-order chi connectivity index (χ0) is 14.1. The minimum Gasteiger partial charge on any atom is -0.364 e. The SMILES string of the molecule is CC(c1csc(Cl)c1)N1CC(CCN)c2ccccc21. The predicted octanol–water partition coefficient (Wildman–Crippen LogP) is 4.42. The van der Waals surface area contributed by atoms with Gasteiger partial charge in [-0.1, -0.05) is 29.8 Å². The lowest BCUT2D eigenvalue weighted by Crippen LogP contribution is -2.25. The third kappa shape index (κ3) is 2.46. The first kappa shape index (κ1) is 13.9. The molecule has 20 heavy (non-hydrogen) atoms. The first-order chi connectivity index (χ1) is 9.70. The number of nitrogens with zero attached hydrogens (tertiary/aromatic N) is 1. The lowest BCUT2D eigenvalue weighted by Gasteiger charge is -2.27. The fourth-order valence-corrected chi connectivity index (χ4v) is 4.04. The minimum absolute atomic E-state index is 0.350. The van der Waals surface area contributed by atoms with E-state index in [0.29, 0.717) is 12.0 Å². The Morgan fingerprint density at radius 3 is 2.95 bits per heavy atom. The number of hydrogen-bond acceptors (Lipinski definition) is 3. The van der Waals surface area contributed by atoms with E-state index in [2.05, 4.69) is 47.5 Å². The molecule has 2 unspecified atom stereocenters. The summed E-state index contributed by atoms with van der Waals surface area (Å²) in [6.07, 6.45) is 1.05. The van der Waals surface area contributed by atoms with Crippen LogP contribution in [0.2, 0.25) is 4.34 Å². The maximum absolute atomic E-state index is 6.07. The maximum atomic E-state index is 6.07. The van der Waals surface area contributed by atoms with E-state index in [1.165, 1.54) is 16.8 Å². The van der Waals surface area contributed by atoms with Crippen LogP contribution in [-0.4, -0.2) is 13.1 Å². The Labute approximate surface area is 129 Å². The van der Waals surface area contributed by atoms with Crippen molar-refractivity contribution in [2.45, 2.75) is 25.3 Å². The molecular weight excluding hydrogens is 288 g/mol. The number of benzene rings is 1. The lowest BCUT2D eigenvalue weighted by atomic mass is 9.98. The average Bonchev–Trinajstić information content (AvgIpc) is 3.04. The van der Waals surface area contributed by atoms with Crippen molar-refractivity contribution in [2.75, 3.05) is 18.0 Å². The average molecular weight is 307 g/mol. The molecule has 2 aromatic rings. The Morgan fingerprint density at radius 2 is 2.25 bits per heavy atom. The topological polar surface area (TPSA) is 29.3 Å². The zero-order valence-corrected chi connectivity index (χ0v) is 13.1. The van der Waals surface area contributed by atoms with Gasteiger partial charge in [-0.15, -0.1) is 11.3 Å². The van der Waals surface area contributed by atoms with Gasteiger partial charge in [0.25, 0.3) is 0 Å². The van der Waals surface area contributed by atoms with Gasteiger partial charge in [0.1, 0.15) is 0 Å². The molecule has 0 saturated carbocycles. The van der Waals surface area contributed by atoms with Crippen LogP contribution in [0.3, 0.4) is 0 Å². The van der Waals surface area contributed by atoms with E-state index in [0.717, 1.165) is 23.8 Å². The molecule has 0 spiro atoms. The number of thiophene rings is 1. The number of hydrogen-bond donors (Lipinski definition) is 1. The first-order valence-electron chi connectivity index (χ1n) is 7.00. The predicted molar refractivity (Wildman–Crippen MR) is 87.9 cm³/mol. The van der Waals surface area contributed by atoms with Crippen LogP contribution in [0.5, 0.6) is 0 Å². The Morgan fingerprint density at radius 1 is 1.45 bits per heavy atom. The summed E-state index contributed by atoms with van der Waals surface area (Å²) in [6.45, 7) is 4.04. The molecule has 0 saturated heterocycles. The van der Waals surface area contributed by atoms with Crippen LogP contribution in [0, 0.1) is 0 Å². The second-order valence-electron chi connectivity index (χ2n) is 5.35. The summed E-state index contributed by atoms with van der Waals surface area (Å²) in [5.74, 6) is 0.549. The number of fused-ring (bicyclic) bond motifs is 1. The van der Waals surface area contributed by atoms with Gasteiger partial charge < -0.3 is 10.6 Å². The highest BCUT2D eigenvalue weighted by atomic mass is 35.5. The molecule has 0 amide bonds. The molecule has 1 aliphatic heterocycles. The summed E-state index contributed by atoms with van der Waals surface area (Å²) in [4.78, 5) is 2.48. The molecule has 2 nitrogen and oxygen atoms in total. The molecular formula is C16H19ClN2S. The minimum atomic E-state index is 0.350. The van der Waals surface area contributed by atoms with Crippen molar-refractivity contribution in [3.05, 3.63) is 51.2 Å². The van der Waals surface area contributed by atoms with Gasteiger partial charge in [-0.3, -0.25) is 0 Å². The van der Waals surface area contributed by atoms with Gasteiger partial charge in [0.05, 0.1) is 10.4 Å². The molecule has 1 aromatic heterocycles. The standard InChI is InChI=1S/C16H19ClN2S/c1-11(13-8-16(17)20-10-13)19-9-12(6-7-18)14-4-2-3-5-15(14)19/h2-5,8,10-12H,6-7,9,18H2,1H3. The number of nitrogens with two attached hydrogens (primary N) is 1. The molecule has 0 fully saturated rings. The molecule has 2 heterocycles. The monoisotopic (exact) mass is 306 g/mol. The Balaban J connectivity index is 1.91. The molecule has 106 valence electrons. The molecule has 1 aromatic carbocycles. The number of para-hydroxylation sites is 1. The fraction of sp³-hybridized carbons (Fsp3) is 0.375. The third-order valence-corrected chi connectivity index (χ3v) is 5.27. The van der Waals surface area contributed by atoms with Crippen molar-refractivity contribution in [3.63, 3.8) is 0 Å². The summed E-state index contributed by atoms with van der Waals surface area (Å²) in [5.41, 5.74) is 9.85. The molecule has 0 aliphatic carbocycles. The Bertz CT molecular complexity index is 596. The van der Waals surface area contributed by atoms with Crippen LogP contribution in [0.25, 0.3) is 0 Å². The highest BCUT2D eigenvalue weighted by Gasteiger charge is 2.31. The molecule has 3 rings (SSSR count). The highest BCUT2D eigenvalue weighted by molar-refractivity contribution is 7.14. The fourth-order valence-electron chi connectivity index (χ4n) is 3.07. The number of rotatable bonds is 4. The largest absolute Gasteiger partial charge is 0.364 e. The van der Waals surface area contributed by atoms with Crippen LogP contribution in [-0.2, 0) is 0 Å². The van der Waals surface area contributed by atoms with Gasteiger partial charge >= 0.3 is 0 Å². The smallest absolute Gasteiger partial charge is 0.0931 e. The third-order valence-electron chi connectivity index (χ3n) is 4.16. The maximum Gasteiger partial charge on any atom is 0.0931 e. The number of anilines is 1. The van der Waals surface area contributed by atoms with Crippen LogP contribution < -0.4 is 10.6 Å².